The van der Waals surface area contributed by atoms with Crippen LogP contribution < -0.4 is 0 Å². The lowest BCUT2D eigenvalue weighted by Crippen LogP contribution is -1.97. The number of carbonyl (C=O) groups is 1. The van der Waals surface area contributed by atoms with E-state index < -0.39 is 11.7 Å². The van der Waals surface area contributed by atoms with Gasteiger partial charge in [-0.3, -0.25) is 0 Å². The first-order chi connectivity index (χ1) is 10.2. The Kier molecular flexibility index (Phi) is 13.8. The van der Waals surface area contributed by atoms with Crippen molar-refractivity contribution >= 4 is 5.97 Å². The smallest absolute Gasteiger partial charge is 0.370 e. The van der Waals surface area contributed by atoms with Crippen LogP contribution in [0.5, 0.6) is 0 Å². The quantitative estimate of drug-likeness (QED) is 0.203. The fourth-order valence-electron chi connectivity index (χ4n) is 2.03. The lowest BCUT2D eigenvalue weighted by molar-refractivity contribution is -0.135. The Morgan fingerprint density at radius 1 is 0.810 bits per heavy atom. The molecule has 0 bridgehead atoms. The highest BCUT2D eigenvalue weighted by atomic mass is 16.4. The molecule has 0 atom stereocenters. The van der Waals surface area contributed by atoms with E-state index in [1.807, 2.05) is 6.08 Å². The van der Waals surface area contributed by atoms with Crippen molar-refractivity contribution in [3.05, 3.63) is 36.1 Å². The van der Waals surface area contributed by atoms with Crippen LogP contribution in [-0.2, 0) is 4.79 Å². The Bertz CT molecular complexity index is 340. The summed E-state index contributed by atoms with van der Waals surface area (Å²) in [6.45, 7) is 2.24. The lowest BCUT2D eigenvalue weighted by Gasteiger charge is -2.00. The number of allylic oxidation sites excluding steroid dienone is 5. The van der Waals surface area contributed by atoms with Gasteiger partial charge in [0, 0.05) is 0 Å². The molecule has 0 aliphatic rings. The molecule has 3 heteroatoms. The largest absolute Gasteiger partial charge is 0.502 e. The lowest BCUT2D eigenvalue weighted by atomic mass is 10.1. The first-order valence-corrected chi connectivity index (χ1v) is 8.14. The van der Waals surface area contributed by atoms with Crippen LogP contribution in [0.1, 0.15) is 71.1 Å². The Hall–Kier alpha value is -1.51. The van der Waals surface area contributed by atoms with Crippen molar-refractivity contribution in [1.82, 2.24) is 0 Å². The van der Waals surface area contributed by atoms with Gasteiger partial charge >= 0.3 is 5.97 Å². The molecule has 0 aromatic heterocycles. The van der Waals surface area contributed by atoms with E-state index in [1.54, 1.807) is 6.08 Å². The molecule has 0 heterocycles. The molecule has 0 spiro atoms. The molecule has 2 N–H and O–H groups in total. The van der Waals surface area contributed by atoms with Crippen LogP contribution in [0, 0.1) is 0 Å². The van der Waals surface area contributed by atoms with Gasteiger partial charge in [0.1, 0.15) is 0 Å². The van der Waals surface area contributed by atoms with Crippen LogP contribution in [0.2, 0.25) is 0 Å². The molecule has 0 amide bonds. The third kappa shape index (κ3) is 14.7. The number of carboxylic acids is 1. The molecule has 0 radical (unpaired) electrons. The molecule has 0 aliphatic heterocycles. The van der Waals surface area contributed by atoms with Crippen LogP contribution in [0.4, 0.5) is 0 Å². The van der Waals surface area contributed by atoms with E-state index in [-0.39, 0.29) is 0 Å². The number of unbranched alkanes of at least 4 members (excludes halogenated alkanes) is 9. The molecule has 0 unspecified atom stereocenters. The summed E-state index contributed by atoms with van der Waals surface area (Å²) in [5, 5.41) is 17.3. The van der Waals surface area contributed by atoms with Crippen molar-refractivity contribution in [3.8, 4) is 0 Å². The summed E-state index contributed by atoms with van der Waals surface area (Å²) in [5.74, 6) is -1.95. The van der Waals surface area contributed by atoms with Gasteiger partial charge in [-0.2, -0.15) is 0 Å². The van der Waals surface area contributed by atoms with Gasteiger partial charge in [-0.25, -0.2) is 4.79 Å². The third-order valence-corrected chi connectivity index (χ3v) is 3.31. The van der Waals surface area contributed by atoms with Crippen molar-refractivity contribution in [2.45, 2.75) is 71.1 Å². The van der Waals surface area contributed by atoms with Gasteiger partial charge in [0.05, 0.1) is 0 Å². The molecule has 0 aromatic carbocycles. The number of aliphatic hydroxyl groups is 1. The zero-order chi connectivity index (χ0) is 15.8. The van der Waals surface area contributed by atoms with Crippen LogP contribution in [0.3, 0.4) is 0 Å². The Balaban J connectivity index is 3.39. The molecule has 0 aromatic rings. The van der Waals surface area contributed by atoms with Gasteiger partial charge in [-0.1, -0.05) is 82.6 Å². The number of aliphatic carboxylic acids is 1. The predicted octanol–water partition coefficient (Wildman–Crippen LogP) is 5.55. The molecule has 21 heavy (non-hydrogen) atoms. The van der Waals surface area contributed by atoms with E-state index in [0.717, 1.165) is 6.42 Å². The van der Waals surface area contributed by atoms with Crippen molar-refractivity contribution in [2.24, 2.45) is 0 Å². The minimum absolute atomic E-state index is 0.640. The second-order valence-electron chi connectivity index (χ2n) is 5.29. The van der Waals surface area contributed by atoms with Gasteiger partial charge in [0.15, 0.2) is 0 Å². The van der Waals surface area contributed by atoms with E-state index >= 15 is 0 Å². The van der Waals surface area contributed by atoms with Gasteiger partial charge in [-0.05, 0) is 18.9 Å². The Morgan fingerprint density at radius 3 is 1.95 bits per heavy atom. The Morgan fingerprint density at radius 2 is 1.38 bits per heavy atom. The molecular weight excluding hydrogens is 264 g/mol. The van der Waals surface area contributed by atoms with E-state index in [1.165, 1.54) is 69.9 Å². The van der Waals surface area contributed by atoms with Gasteiger partial charge < -0.3 is 10.2 Å². The van der Waals surface area contributed by atoms with E-state index in [9.17, 15) is 4.79 Å². The van der Waals surface area contributed by atoms with Crippen molar-refractivity contribution in [2.75, 3.05) is 0 Å². The monoisotopic (exact) mass is 294 g/mol. The average molecular weight is 294 g/mol. The van der Waals surface area contributed by atoms with E-state index in [2.05, 4.69) is 13.0 Å². The highest BCUT2D eigenvalue weighted by Crippen LogP contribution is 2.10. The van der Waals surface area contributed by atoms with E-state index in [4.69, 9.17) is 10.2 Å². The van der Waals surface area contributed by atoms with Crippen LogP contribution >= 0.6 is 0 Å². The second kappa shape index (κ2) is 14.9. The minimum atomic E-state index is -1.31. The topological polar surface area (TPSA) is 57.5 Å². The van der Waals surface area contributed by atoms with Crippen molar-refractivity contribution < 1.29 is 15.0 Å². The van der Waals surface area contributed by atoms with Crippen molar-refractivity contribution in [3.63, 3.8) is 0 Å². The first-order valence-electron chi connectivity index (χ1n) is 8.14. The summed E-state index contributed by atoms with van der Waals surface area (Å²) in [6.07, 6.45) is 21.4. The second-order valence-corrected chi connectivity index (χ2v) is 5.29. The molecule has 0 aliphatic carbocycles. The third-order valence-electron chi connectivity index (χ3n) is 3.31. The summed E-state index contributed by atoms with van der Waals surface area (Å²) >= 11 is 0. The maximum atomic E-state index is 10.3. The van der Waals surface area contributed by atoms with Crippen LogP contribution in [0.25, 0.3) is 0 Å². The van der Waals surface area contributed by atoms with Crippen LogP contribution in [0.15, 0.2) is 36.1 Å². The first kappa shape index (κ1) is 19.5. The van der Waals surface area contributed by atoms with Gasteiger partial charge in [0.2, 0.25) is 5.76 Å². The standard InChI is InChI=1S/C18H30O3/c1-2-3-4-5-6-7-8-9-10-11-12-13-14-15-16-17(19)18(20)21/h12-16,19H,2-11H2,1H3,(H,20,21)/b13-12+,15-14+,17-16-. The molecular formula is C18H30O3. The summed E-state index contributed by atoms with van der Waals surface area (Å²) in [4.78, 5) is 10.3. The van der Waals surface area contributed by atoms with Gasteiger partial charge in [-0.15, -0.1) is 0 Å². The molecule has 0 rings (SSSR count). The molecule has 0 saturated carbocycles. The zero-order valence-electron chi connectivity index (χ0n) is 13.3. The maximum Gasteiger partial charge on any atom is 0.370 e. The zero-order valence-corrected chi connectivity index (χ0v) is 13.3. The number of rotatable bonds is 13. The maximum absolute atomic E-state index is 10.3. The average Bonchev–Trinajstić information content (AvgIpc) is 2.47. The SMILES string of the molecule is CCCCCCCCCCC/C=C/C=C/C=C(\O)C(=O)O. The fourth-order valence-corrected chi connectivity index (χ4v) is 2.03. The van der Waals surface area contributed by atoms with Gasteiger partial charge in [0.25, 0.3) is 0 Å². The number of hydrogen-bond donors (Lipinski definition) is 2. The molecule has 3 nitrogen and oxygen atoms in total. The fraction of sp³-hybridized carbons (Fsp3) is 0.611. The summed E-state index contributed by atoms with van der Waals surface area (Å²) in [5.41, 5.74) is 0. The summed E-state index contributed by atoms with van der Waals surface area (Å²) in [6, 6.07) is 0. The summed E-state index contributed by atoms with van der Waals surface area (Å²) in [7, 11) is 0. The highest BCUT2D eigenvalue weighted by molar-refractivity contribution is 5.83. The number of carboxylic acid groups (broad SMARTS) is 1. The highest BCUT2D eigenvalue weighted by Gasteiger charge is 1.99. The Labute approximate surface area is 129 Å². The molecule has 0 fully saturated rings. The van der Waals surface area contributed by atoms with Crippen LogP contribution in [-0.4, -0.2) is 16.2 Å². The minimum Gasteiger partial charge on any atom is -0.502 e. The number of hydrogen-bond acceptors (Lipinski definition) is 2. The molecule has 0 saturated heterocycles. The summed E-state index contributed by atoms with van der Waals surface area (Å²) < 4.78 is 0. The normalized spacial score (nSPS) is 12.5. The van der Waals surface area contributed by atoms with Crippen molar-refractivity contribution in [1.29, 1.82) is 0 Å². The van der Waals surface area contributed by atoms with E-state index in [0.29, 0.717) is 0 Å². The number of aliphatic hydroxyl groups excluding tert-OH is 1. The molecule has 120 valence electrons. The predicted molar refractivity (Wildman–Crippen MR) is 88.5 cm³/mol.